The molecule has 0 fully saturated rings. The van der Waals surface area contributed by atoms with Gasteiger partial charge < -0.3 is 20.1 Å². The second-order valence-electron chi connectivity index (χ2n) is 8.44. The van der Waals surface area contributed by atoms with Crippen LogP contribution in [0.5, 0.6) is 23.0 Å². The fourth-order valence-electron chi connectivity index (χ4n) is 3.69. The van der Waals surface area contributed by atoms with Crippen molar-refractivity contribution in [1.82, 2.24) is 0 Å². The number of allylic oxidation sites excluding steroid dienone is 4. The van der Waals surface area contributed by atoms with Gasteiger partial charge in [-0.15, -0.1) is 0 Å². The molecule has 31 heavy (non-hydrogen) atoms. The number of carbonyl (C=O) groups is 1. The van der Waals surface area contributed by atoms with Crippen LogP contribution in [0, 0.1) is 6.92 Å². The molecule has 1 aliphatic heterocycles. The van der Waals surface area contributed by atoms with Gasteiger partial charge in [0.2, 0.25) is 0 Å². The van der Waals surface area contributed by atoms with Crippen LogP contribution in [0.4, 0.5) is 0 Å². The summed E-state index contributed by atoms with van der Waals surface area (Å²) in [6.45, 7) is 7.80. The first-order valence-electron chi connectivity index (χ1n) is 10.5. The molecular weight excluding hydrogens is 392 g/mol. The van der Waals surface area contributed by atoms with Crippen LogP contribution in [0.25, 0.3) is 0 Å². The first-order valence-corrected chi connectivity index (χ1v) is 10.5. The van der Waals surface area contributed by atoms with E-state index in [0.717, 1.165) is 24.0 Å². The van der Waals surface area contributed by atoms with Crippen LogP contribution < -0.4 is 4.74 Å². The summed E-state index contributed by atoms with van der Waals surface area (Å²) in [4.78, 5) is 12.7. The van der Waals surface area contributed by atoms with Crippen LogP contribution in [0.3, 0.4) is 0 Å². The SMILES string of the molecule is CC(C)=CCCC(C)=CCc1cc(C2CC(=O)c3c(cc(O)c(C)c3O)O2)ccc1O. The van der Waals surface area contributed by atoms with Crippen molar-refractivity contribution in [2.75, 3.05) is 0 Å². The maximum absolute atomic E-state index is 12.7. The van der Waals surface area contributed by atoms with E-state index < -0.39 is 6.10 Å². The molecule has 1 atom stereocenters. The van der Waals surface area contributed by atoms with Crippen LogP contribution in [0.2, 0.25) is 0 Å². The van der Waals surface area contributed by atoms with Gasteiger partial charge in [-0.1, -0.05) is 29.4 Å². The van der Waals surface area contributed by atoms with E-state index in [4.69, 9.17) is 4.74 Å². The summed E-state index contributed by atoms with van der Waals surface area (Å²) in [7, 11) is 0. The summed E-state index contributed by atoms with van der Waals surface area (Å²) in [6.07, 6.45) is 6.39. The molecule has 0 amide bonds. The molecule has 2 aromatic rings. The molecule has 0 bridgehead atoms. The van der Waals surface area contributed by atoms with Gasteiger partial charge in [-0.3, -0.25) is 4.79 Å². The largest absolute Gasteiger partial charge is 0.508 e. The summed E-state index contributed by atoms with van der Waals surface area (Å²) < 4.78 is 5.96. The lowest BCUT2D eigenvalue weighted by atomic mass is 9.92. The Morgan fingerprint density at radius 3 is 2.55 bits per heavy atom. The number of hydrogen-bond acceptors (Lipinski definition) is 5. The van der Waals surface area contributed by atoms with Gasteiger partial charge in [0.05, 0.1) is 6.42 Å². The Bertz CT molecular complexity index is 1060. The molecule has 0 radical (unpaired) electrons. The van der Waals surface area contributed by atoms with Crippen molar-refractivity contribution in [3.8, 4) is 23.0 Å². The lowest BCUT2D eigenvalue weighted by Crippen LogP contribution is -2.21. The number of carbonyl (C=O) groups excluding carboxylic acids is 1. The minimum Gasteiger partial charge on any atom is -0.508 e. The quantitative estimate of drug-likeness (QED) is 0.493. The number of Topliss-reactive ketones (excluding diaryl/α,β-unsaturated/α-hetero) is 1. The van der Waals surface area contributed by atoms with Crippen LogP contribution in [-0.2, 0) is 6.42 Å². The zero-order valence-corrected chi connectivity index (χ0v) is 18.5. The van der Waals surface area contributed by atoms with Crippen molar-refractivity contribution in [3.05, 3.63) is 69.8 Å². The number of rotatable bonds is 6. The molecule has 164 valence electrons. The molecule has 0 aromatic heterocycles. The third-order valence-corrected chi connectivity index (χ3v) is 5.65. The minimum atomic E-state index is -0.552. The molecule has 5 heteroatoms. The Morgan fingerprint density at radius 2 is 1.84 bits per heavy atom. The summed E-state index contributed by atoms with van der Waals surface area (Å²) in [5.74, 6) is -0.225. The fourth-order valence-corrected chi connectivity index (χ4v) is 3.69. The molecule has 5 nitrogen and oxygen atoms in total. The summed E-state index contributed by atoms with van der Waals surface area (Å²) >= 11 is 0. The van der Waals surface area contributed by atoms with E-state index in [9.17, 15) is 20.1 Å². The maximum Gasteiger partial charge on any atom is 0.174 e. The molecule has 3 rings (SSSR count). The van der Waals surface area contributed by atoms with Crippen LogP contribution in [0.15, 0.2) is 47.6 Å². The normalized spacial score (nSPS) is 15.9. The van der Waals surface area contributed by atoms with Crippen molar-refractivity contribution in [2.24, 2.45) is 0 Å². The number of fused-ring (bicyclic) bond motifs is 1. The predicted molar refractivity (Wildman–Crippen MR) is 121 cm³/mol. The second-order valence-corrected chi connectivity index (χ2v) is 8.44. The van der Waals surface area contributed by atoms with Crippen LogP contribution in [-0.4, -0.2) is 21.1 Å². The lowest BCUT2D eigenvalue weighted by molar-refractivity contribution is 0.0844. The number of ketones is 1. The highest BCUT2D eigenvalue weighted by Crippen LogP contribution is 2.44. The highest BCUT2D eigenvalue weighted by Gasteiger charge is 2.32. The molecule has 1 aliphatic rings. The molecule has 1 heterocycles. The molecule has 0 spiro atoms. The molecule has 1 unspecified atom stereocenters. The Kier molecular flexibility index (Phi) is 6.74. The van der Waals surface area contributed by atoms with Gasteiger partial charge in [0.15, 0.2) is 5.78 Å². The van der Waals surface area contributed by atoms with E-state index in [0.29, 0.717) is 6.42 Å². The van der Waals surface area contributed by atoms with Gasteiger partial charge in [-0.05, 0) is 70.2 Å². The number of ether oxygens (including phenoxy) is 1. The summed E-state index contributed by atoms with van der Waals surface area (Å²) in [5, 5.41) is 30.5. The van der Waals surface area contributed by atoms with Gasteiger partial charge in [-0.2, -0.15) is 0 Å². The Morgan fingerprint density at radius 1 is 1.10 bits per heavy atom. The van der Waals surface area contributed by atoms with Gasteiger partial charge >= 0.3 is 0 Å². The Labute approximate surface area is 183 Å². The zero-order valence-electron chi connectivity index (χ0n) is 18.5. The molecule has 3 N–H and O–H groups in total. The third-order valence-electron chi connectivity index (χ3n) is 5.65. The van der Waals surface area contributed by atoms with E-state index in [1.807, 2.05) is 6.07 Å². The van der Waals surface area contributed by atoms with E-state index in [1.165, 1.54) is 17.2 Å². The van der Waals surface area contributed by atoms with Gasteiger partial charge in [-0.25, -0.2) is 0 Å². The smallest absolute Gasteiger partial charge is 0.174 e. The highest BCUT2D eigenvalue weighted by molar-refractivity contribution is 6.03. The number of hydrogen-bond donors (Lipinski definition) is 3. The average molecular weight is 423 g/mol. The first kappa shape index (κ1) is 22.5. The molecule has 0 saturated carbocycles. The third kappa shape index (κ3) is 5.10. The molecular formula is C26H30O5. The van der Waals surface area contributed by atoms with E-state index in [-0.39, 0.29) is 46.3 Å². The van der Waals surface area contributed by atoms with E-state index in [1.54, 1.807) is 19.1 Å². The summed E-state index contributed by atoms with van der Waals surface area (Å²) in [6, 6.07) is 6.58. The van der Waals surface area contributed by atoms with E-state index in [2.05, 4.69) is 32.9 Å². The van der Waals surface area contributed by atoms with Crippen molar-refractivity contribution in [2.45, 2.75) is 59.5 Å². The monoisotopic (exact) mass is 422 g/mol. The Hall–Kier alpha value is -3.21. The number of aromatic hydroxyl groups is 3. The lowest BCUT2D eigenvalue weighted by Gasteiger charge is -2.27. The van der Waals surface area contributed by atoms with E-state index >= 15 is 0 Å². The average Bonchev–Trinajstić information content (AvgIpc) is 2.70. The van der Waals surface area contributed by atoms with Crippen molar-refractivity contribution in [3.63, 3.8) is 0 Å². The summed E-state index contributed by atoms with van der Waals surface area (Å²) in [5.41, 5.74) is 4.45. The minimum absolute atomic E-state index is 0.0760. The number of phenols is 3. The number of phenolic OH excluding ortho intramolecular Hbond substituents is 3. The van der Waals surface area contributed by atoms with Gasteiger partial charge in [0, 0.05) is 11.6 Å². The topological polar surface area (TPSA) is 87.0 Å². The number of benzene rings is 2. The standard InChI is InChI=1S/C26H30O5/c1-15(2)6-5-7-16(3)8-9-18-12-19(10-11-20(18)27)23-14-22(29)25-24(31-23)13-21(28)17(4)26(25)30/h6,8,10-13,23,27-28,30H,5,7,9,14H2,1-4H3. The predicted octanol–water partition coefficient (Wildman–Crippen LogP) is 6.05. The molecule has 0 saturated heterocycles. The van der Waals surface area contributed by atoms with Gasteiger partial charge in [0.25, 0.3) is 0 Å². The van der Waals surface area contributed by atoms with Crippen LogP contribution in [0.1, 0.15) is 73.2 Å². The van der Waals surface area contributed by atoms with Crippen molar-refractivity contribution >= 4 is 5.78 Å². The van der Waals surface area contributed by atoms with Gasteiger partial charge in [0.1, 0.15) is 34.7 Å². The first-order chi connectivity index (χ1) is 14.7. The van der Waals surface area contributed by atoms with Crippen molar-refractivity contribution < 1.29 is 24.9 Å². The molecule has 2 aromatic carbocycles. The Balaban J connectivity index is 1.80. The highest BCUT2D eigenvalue weighted by atomic mass is 16.5. The maximum atomic E-state index is 12.7. The van der Waals surface area contributed by atoms with Crippen molar-refractivity contribution in [1.29, 1.82) is 0 Å². The second kappa shape index (κ2) is 9.29. The zero-order chi connectivity index (χ0) is 22.7. The van der Waals surface area contributed by atoms with Crippen LogP contribution >= 0.6 is 0 Å². The fraction of sp³-hybridized carbons (Fsp3) is 0.346. The molecule has 0 aliphatic carbocycles.